The van der Waals surface area contributed by atoms with Crippen LogP contribution in [-0.4, -0.2) is 25.5 Å². The van der Waals surface area contributed by atoms with Gasteiger partial charge in [0.25, 0.3) is 10.0 Å². The van der Waals surface area contributed by atoms with Gasteiger partial charge in [0.05, 0.1) is 12.0 Å². The number of benzene rings is 1. The highest BCUT2D eigenvalue weighted by atomic mass is 35.5. The number of rotatable bonds is 4. The SMILES string of the molecule is COc1ccc(S(=O)(=O)Nc2cc(Cl)ncn2)cc1C. The zero-order valence-corrected chi connectivity index (χ0v) is 12.4. The van der Waals surface area contributed by atoms with E-state index in [0.29, 0.717) is 5.75 Å². The van der Waals surface area contributed by atoms with Crippen LogP contribution in [0.4, 0.5) is 5.82 Å². The second-order valence-electron chi connectivity index (χ2n) is 3.96. The van der Waals surface area contributed by atoms with Crippen LogP contribution in [0.2, 0.25) is 5.15 Å². The third-order valence-electron chi connectivity index (χ3n) is 2.55. The molecule has 0 saturated heterocycles. The number of hydrogen-bond acceptors (Lipinski definition) is 5. The Bertz CT molecular complexity index is 734. The second-order valence-corrected chi connectivity index (χ2v) is 6.03. The van der Waals surface area contributed by atoms with Crippen LogP contribution in [0.15, 0.2) is 35.5 Å². The number of hydrogen-bond donors (Lipinski definition) is 1. The first-order chi connectivity index (χ1) is 9.42. The van der Waals surface area contributed by atoms with Crippen LogP contribution in [0.3, 0.4) is 0 Å². The molecule has 0 bridgehead atoms. The van der Waals surface area contributed by atoms with E-state index in [0.717, 1.165) is 5.56 Å². The maximum atomic E-state index is 12.2. The largest absolute Gasteiger partial charge is 0.496 e. The van der Waals surface area contributed by atoms with Crippen LogP contribution >= 0.6 is 11.6 Å². The number of aromatic nitrogens is 2. The molecule has 1 aromatic heterocycles. The van der Waals surface area contributed by atoms with Crippen molar-refractivity contribution in [3.8, 4) is 5.75 Å². The monoisotopic (exact) mass is 313 g/mol. The van der Waals surface area contributed by atoms with Gasteiger partial charge in [0.15, 0.2) is 0 Å². The first-order valence-electron chi connectivity index (χ1n) is 5.57. The molecule has 0 unspecified atom stereocenters. The number of aryl methyl sites for hydroxylation is 1. The predicted octanol–water partition coefficient (Wildman–Crippen LogP) is 2.25. The Kier molecular flexibility index (Phi) is 4.10. The molecule has 2 aromatic rings. The molecule has 0 amide bonds. The molecule has 0 saturated carbocycles. The summed E-state index contributed by atoms with van der Waals surface area (Å²) < 4.78 is 31.8. The second kappa shape index (κ2) is 5.64. The Hall–Kier alpha value is -1.86. The minimum absolute atomic E-state index is 0.110. The lowest BCUT2D eigenvalue weighted by molar-refractivity contribution is 0.411. The number of nitrogens with one attached hydrogen (secondary N) is 1. The van der Waals surface area contributed by atoms with Crippen LogP contribution in [0.5, 0.6) is 5.75 Å². The van der Waals surface area contributed by atoms with Crippen molar-refractivity contribution in [2.24, 2.45) is 0 Å². The van der Waals surface area contributed by atoms with E-state index in [-0.39, 0.29) is 15.9 Å². The average molecular weight is 314 g/mol. The van der Waals surface area contributed by atoms with Crippen molar-refractivity contribution >= 4 is 27.4 Å². The van der Waals surface area contributed by atoms with E-state index >= 15 is 0 Å². The summed E-state index contributed by atoms with van der Waals surface area (Å²) in [6.07, 6.45) is 1.18. The van der Waals surface area contributed by atoms with Gasteiger partial charge in [-0.2, -0.15) is 0 Å². The lowest BCUT2D eigenvalue weighted by Crippen LogP contribution is -2.14. The minimum Gasteiger partial charge on any atom is -0.496 e. The summed E-state index contributed by atoms with van der Waals surface area (Å²) in [6, 6.07) is 5.90. The van der Waals surface area contributed by atoms with Gasteiger partial charge in [-0.1, -0.05) is 11.6 Å². The van der Waals surface area contributed by atoms with Crippen LogP contribution in [0.1, 0.15) is 5.56 Å². The number of nitrogens with zero attached hydrogens (tertiary/aromatic N) is 2. The van der Waals surface area contributed by atoms with Gasteiger partial charge in [-0.05, 0) is 30.7 Å². The van der Waals surface area contributed by atoms with Gasteiger partial charge in [-0.3, -0.25) is 4.72 Å². The number of ether oxygens (including phenoxy) is 1. The van der Waals surface area contributed by atoms with Crippen molar-refractivity contribution in [1.29, 1.82) is 0 Å². The standard InChI is InChI=1S/C12H12ClN3O3S/c1-8-5-9(3-4-10(8)19-2)20(17,18)16-12-6-11(13)14-7-15-12/h3-7H,1-2H3,(H,14,15,16). The summed E-state index contributed by atoms with van der Waals surface area (Å²) in [4.78, 5) is 7.59. The van der Waals surface area contributed by atoms with Crippen LogP contribution in [0, 0.1) is 6.92 Å². The van der Waals surface area contributed by atoms with Crippen LogP contribution in [-0.2, 0) is 10.0 Å². The Morgan fingerprint density at radius 1 is 1.25 bits per heavy atom. The van der Waals surface area contributed by atoms with Gasteiger partial charge >= 0.3 is 0 Å². The highest BCUT2D eigenvalue weighted by Crippen LogP contribution is 2.23. The number of methoxy groups -OCH3 is 1. The topological polar surface area (TPSA) is 81.2 Å². The van der Waals surface area contributed by atoms with Gasteiger partial charge in [-0.25, -0.2) is 18.4 Å². The molecule has 20 heavy (non-hydrogen) atoms. The molecule has 0 fully saturated rings. The van der Waals surface area contributed by atoms with E-state index in [2.05, 4.69) is 14.7 Å². The number of sulfonamides is 1. The first-order valence-corrected chi connectivity index (χ1v) is 7.43. The van der Waals surface area contributed by atoms with Gasteiger partial charge in [0.2, 0.25) is 0 Å². The van der Waals surface area contributed by atoms with E-state index in [1.807, 2.05) is 0 Å². The molecule has 1 aromatic carbocycles. The summed E-state index contributed by atoms with van der Waals surface area (Å²) in [6.45, 7) is 1.76. The maximum absolute atomic E-state index is 12.2. The lowest BCUT2D eigenvalue weighted by atomic mass is 10.2. The highest BCUT2D eigenvalue weighted by Gasteiger charge is 2.16. The van der Waals surface area contributed by atoms with Crippen LogP contribution < -0.4 is 9.46 Å². The first kappa shape index (κ1) is 14.5. The fourth-order valence-electron chi connectivity index (χ4n) is 1.60. The molecule has 0 radical (unpaired) electrons. The third kappa shape index (κ3) is 3.17. The molecule has 1 heterocycles. The maximum Gasteiger partial charge on any atom is 0.263 e. The molecule has 6 nitrogen and oxygen atoms in total. The van der Waals surface area contributed by atoms with E-state index in [9.17, 15) is 8.42 Å². The van der Waals surface area contributed by atoms with Crippen molar-refractivity contribution in [3.63, 3.8) is 0 Å². The zero-order valence-electron chi connectivity index (χ0n) is 10.8. The van der Waals surface area contributed by atoms with Gasteiger partial charge in [0.1, 0.15) is 23.0 Å². The lowest BCUT2D eigenvalue weighted by Gasteiger charge is -2.10. The van der Waals surface area contributed by atoms with Crippen molar-refractivity contribution < 1.29 is 13.2 Å². The smallest absolute Gasteiger partial charge is 0.263 e. The Balaban J connectivity index is 2.33. The molecule has 0 aliphatic rings. The molecule has 0 spiro atoms. The molecule has 2 rings (SSSR count). The van der Waals surface area contributed by atoms with Crippen molar-refractivity contribution in [2.75, 3.05) is 11.8 Å². The number of anilines is 1. The third-order valence-corrected chi connectivity index (χ3v) is 4.11. The molecule has 8 heteroatoms. The summed E-state index contributed by atoms with van der Waals surface area (Å²) in [5, 5.41) is 0.156. The van der Waals surface area contributed by atoms with Gasteiger partial charge in [-0.15, -0.1) is 0 Å². The van der Waals surface area contributed by atoms with E-state index in [1.165, 1.54) is 31.6 Å². The van der Waals surface area contributed by atoms with Crippen molar-refractivity contribution in [3.05, 3.63) is 41.3 Å². The minimum atomic E-state index is -3.73. The fraction of sp³-hybridized carbons (Fsp3) is 0.167. The summed E-state index contributed by atoms with van der Waals surface area (Å²) >= 11 is 5.68. The molecule has 0 aliphatic heterocycles. The van der Waals surface area contributed by atoms with E-state index in [1.54, 1.807) is 13.0 Å². The molecule has 1 N–H and O–H groups in total. The van der Waals surface area contributed by atoms with E-state index < -0.39 is 10.0 Å². The summed E-state index contributed by atoms with van der Waals surface area (Å²) in [5.74, 6) is 0.729. The molecule has 106 valence electrons. The van der Waals surface area contributed by atoms with Crippen molar-refractivity contribution in [1.82, 2.24) is 9.97 Å². The van der Waals surface area contributed by atoms with Gasteiger partial charge in [0, 0.05) is 6.07 Å². The Morgan fingerprint density at radius 3 is 2.60 bits per heavy atom. The predicted molar refractivity (Wildman–Crippen MR) is 75.6 cm³/mol. The molecule has 0 atom stereocenters. The van der Waals surface area contributed by atoms with Crippen molar-refractivity contribution in [2.45, 2.75) is 11.8 Å². The van der Waals surface area contributed by atoms with Gasteiger partial charge < -0.3 is 4.74 Å². The average Bonchev–Trinajstić information content (AvgIpc) is 2.38. The summed E-state index contributed by atoms with van der Waals surface area (Å²) in [7, 11) is -2.21. The number of halogens is 1. The fourth-order valence-corrected chi connectivity index (χ4v) is 2.83. The highest BCUT2D eigenvalue weighted by molar-refractivity contribution is 7.92. The molecular weight excluding hydrogens is 302 g/mol. The van der Waals surface area contributed by atoms with Crippen LogP contribution in [0.25, 0.3) is 0 Å². The quantitative estimate of drug-likeness (QED) is 0.876. The Labute approximate surface area is 121 Å². The summed E-state index contributed by atoms with van der Waals surface area (Å²) in [5.41, 5.74) is 0.719. The molecule has 0 aliphatic carbocycles. The molecular formula is C12H12ClN3O3S. The zero-order chi connectivity index (χ0) is 14.8. The van der Waals surface area contributed by atoms with E-state index in [4.69, 9.17) is 16.3 Å². The Morgan fingerprint density at radius 2 is 2.00 bits per heavy atom. The normalized spacial score (nSPS) is 11.2.